The Labute approximate surface area is 161 Å². The zero-order chi connectivity index (χ0) is 18.5. The van der Waals surface area contributed by atoms with E-state index in [1.54, 1.807) is 24.4 Å². The van der Waals surface area contributed by atoms with Gasteiger partial charge in [-0.05, 0) is 45.8 Å². The van der Waals surface area contributed by atoms with E-state index in [1.807, 2.05) is 6.07 Å². The van der Waals surface area contributed by atoms with Crippen LogP contribution in [0.4, 0.5) is 4.39 Å². The van der Waals surface area contributed by atoms with E-state index in [0.717, 1.165) is 10.0 Å². The molecule has 134 valence electrons. The van der Waals surface area contributed by atoms with Crippen LogP contribution in [0.25, 0.3) is 5.65 Å². The molecule has 0 atom stereocenters. The number of pyridine rings is 1. The van der Waals surface area contributed by atoms with Crippen LogP contribution in [-0.2, 0) is 17.1 Å². The molecule has 2 aromatic heterocycles. The Kier molecular flexibility index (Phi) is 6.05. The van der Waals surface area contributed by atoms with Crippen molar-refractivity contribution in [3.05, 3.63) is 80.6 Å². The molecule has 0 spiro atoms. The highest BCUT2D eigenvalue weighted by molar-refractivity contribution is 9.10. The van der Waals surface area contributed by atoms with Crippen molar-refractivity contribution in [3.63, 3.8) is 0 Å². The molecule has 0 bridgehead atoms. The van der Waals surface area contributed by atoms with Crippen LogP contribution in [-0.4, -0.2) is 21.0 Å². The molecule has 0 radical (unpaired) electrons. The topological polar surface area (TPSA) is 63.5 Å². The third-order valence-corrected chi connectivity index (χ3v) is 5.00. The summed E-state index contributed by atoms with van der Waals surface area (Å²) >= 11 is 4.70. The molecule has 3 aromatic rings. The first-order valence-electron chi connectivity index (χ1n) is 7.78. The first kappa shape index (κ1) is 18.6. The van der Waals surface area contributed by atoms with Crippen molar-refractivity contribution < 1.29 is 9.18 Å². The fourth-order valence-corrected chi connectivity index (χ4v) is 3.39. The van der Waals surface area contributed by atoms with E-state index in [-0.39, 0.29) is 23.0 Å². The molecule has 1 N–H and O–H groups in total. The zero-order valence-corrected chi connectivity index (χ0v) is 16.0. The third-order valence-electron chi connectivity index (χ3n) is 3.56. The molecule has 8 heteroatoms. The molecular weight excluding hydrogens is 421 g/mol. The van der Waals surface area contributed by atoms with Gasteiger partial charge < -0.3 is 5.32 Å². The summed E-state index contributed by atoms with van der Waals surface area (Å²) in [5.41, 5.74) is 1.87. The lowest BCUT2D eigenvalue weighted by molar-refractivity contribution is -0.118. The molecule has 0 aliphatic heterocycles. The molecule has 0 aliphatic carbocycles. The zero-order valence-electron chi connectivity index (χ0n) is 13.6. The number of carbonyl (C=O) groups is 1. The van der Waals surface area contributed by atoms with Crippen LogP contribution in [0, 0.1) is 5.82 Å². The van der Waals surface area contributed by atoms with Gasteiger partial charge in [-0.25, -0.2) is 9.37 Å². The second-order valence-corrected chi connectivity index (χ2v) is 7.46. The van der Waals surface area contributed by atoms with Crippen LogP contribution in [0.5, 0.6) is 0 Å². The SMILES string of the molecule is O=C(CSCc1cc(=O)n2cc(Br)ccc2n1)NCc1ccc(F)cc1. The summed E-state index contributed by atoms with van der Waals surface area (Å²) in [6.07, 6.45) is 1.67. The molecule has 5 nitrogen and oxygen atoms in total. The van der Waals surface area contributed by atoms with Crippen molar-refractivity contribution in [2.24, 2.45) is 0 Å². The first-order chi connectivity index (χ1) is 12.5. The van der Waals surface area contributed by atoms with E-state index >= 15 is 0 Å². The summed E-state index contributed by atoms with van der Waals surface area (Å²) < 4.78 is 15.1. The Bertz CT molecular complexity index is 992. The highest BCUT2D eigenvalue weighted by Crippen LogP contribution is 2.12. The molecular formula is C18H15BrFN3O2S. The van der Waals surface area contributed by atoms with Crippen molar-refractivity contribution in [2.45, 2.75) is 12.3 Å². The van der Waals surface area contributed by atoms with E-state index < -0.39 is 0 Å². The van der Waals surface area contributed by atoms with Gasteiger partial charge in [0.2, 0.25) is 5.91 Å². The number of hydrogen-bond donors (Lipinski definition) is 1. The Morgan fingerprint density at radius 1 is 1.23 bits per heavy atom. The van der Waals surface area contributed by atoms with Crippen LogP contribution in [0.2, 0.25) is 0 Å². The van der Waals surface area contributed by atoms with Gasteiger partial charge >= 0.3 is 0 Å². The molecule has 3 rings (SSSR count). The molecule has 0 saturated heterocycles. The highest BCUT2D eigenvalue weighted by atomic mass is 79.9. The fourth-order valence-electron chi connectivity index (χ4n) is 2.30. The van der Waals surface area contributed by atoms with Gasteiger partial charge in [0, 0.05) is 29.0 Å². The third kappa shape index (κ3) is 4.92. The van der Waals surface area contributed by atoms with Crippen molar-refractivity contribution in [1.82, 2.24) is 14.7 Å². The summed E-state index contributed by atoms with van der Waals surface area (Å²) in [6, 6.07) is 11.0. The van der Waals surface area contributed by atoms with Crippen molar-refractivity contribution in [2.75, 3.05) is 5.75 Å². The van der Waals surface area contributed by atoms with Crippen LogP contribution in [0.3, 0.4) is 0 Å². The standard InChI is InChI=1S/C18H15BrFN3O2S/c19-13-3-6-16-22-15(7-18(25)23(16)9-13)10-26-11-17(24)21-8-12-1-4-14(20)5-2-12/h1-7,9H,8,10-11H2,(H,21,24). The summed E-state index contributed by atoms with van der Waals surface area (Å²) in [4.78, 5) is 28.4. The summed E-state index contributed by atoms with van der Waals surface area (Å²) in [5.74, 6) is 0.288. The van der Waals surface area contributed by atoms with E-state index in [4.69, 9.17) is 0 Å². The van der Waals surface area contributed by atoms with E-state index in [0.29, 0.717) is 23.6 Å². The van der Waals surface area contributed by atoms with Crippen LogP contribution in [0.1, 0.15) is 11.3 Å². The lowest BCUT2D eigenvalue weighted by Gasteiger charge is -2.06. The monoisotopic (exact) mass is 435 g/mol. The highest BCUT2D eigenvalue weighted by Gasteiger charge is 2.06. The van der Waals surface area contributed by atoms with Gasteiger partial charge in [0.05, 0.1) is 11.4 Å². The van der Waals surface area contributed by atoms with Crippen LogP contribution in [0.15, 0.2) is 57.9 Å². The molecule has 0 fully saturated rings. The number of halogens is 2. The Balaban J connectivity index is 1.52. The normalized spacial score (nSPS) is 10.8. The average molecular weight is 436 g/mol. The maximum absolute atomic E-state index is 12.8. The number of rotatable bonds is 6. The number of hydrogen-bond acceptors (Lipinski definition) is 4. The number of amides is 1. The fraction of sp³-hybridized carbons (Fsp3) is 0.167. The van der Waals surface area contributed by atoms with Gasteiger partial charge in [0.1, 0.15) is 11.5 Å². The molecule has 1 amide bonds. The lowest BCUT2D eigenvalue weighted by atomic mass is 10.2. The van der Waals surface area contributed by atoms with Gasteiger partial charge in [-0.2, -0.15) is 0 Å². The molecule has 0 saturated carbocycles. The summed E-state index contributed by atoms with van der Waals surface area (Å²) in [7, 11) is 0. The minimum absolute atomic E-state index is 0.124. The summed E-state index contributed by atoms with van der Waals surface area (Å²) in [5, 5.41) is 2.78. The van der Waals surface area contributed by atoms with E-state index in [9.17, 15) is 14.0 Å². The van der Waals surface area contributed by atoms with Gasteiger partial charge in [-0.15, -0.1) is 11.8 Å². The second kappa shape index (κ2) is 8.46. The second-order valence-electron chi connectivity index (χ2n) is 5.56. The molecule has 0 unspecified atom stereocenters. The maximum atomic E-state index is 12.8. The van der Waals surface area contributed by atoms with Gasteiger partial charge in [-0.1, -0.05) is 12.1 Å². The molecule has 0 aliphatic rings. The van der Waals surface area contributed by atoms with Crippen molar-refractivity contribution >= 4 is 39.2 Å². The number of fused-ring (bicyclic) bond motifs is 1. The molecule has 26 heavy (non-hydrogen) atoms. The molecule has 2 heterocycles. The average Bonchev–Trinajstić information content (AvgIpc) is 2.62. The minimum Gasteiger partial charge on any atom is -0.351 e. The van der Waals surface area contributed by atoms with Gasteiger partial charge in [0.25, 0.3) is 5.56 Å². The molecule has 1 aromatic carbocycles. The van der Waals surface area contributed by atoms with Gasteiger partial charge in [-0.3, -0.25) is 14.0 Å². The number of thioether (sulfide) groups is 1. The minimum atomic E-state index is -0.304. The van der Waals surface area contributed by atoms with Gasteiger partial charge in [0.15, 0.2) is 0 Å². The van der Waals surface area contributed by atoms with Crippen molar-refractivity contribution in [3.8, 4) is 0 Å². The Morgan fingerprint density at radius 3 is 2.77 bits per heavy atom. The number of nitrogens with zero attached hydrogens (tertiary/aromatic N) is 2. The van der Waals surface area contributed by atoms with Crippen molar-refractivity contribution in [1.29, 1.82) is 0 Å². The largest absolute Gasteiger partial charge is 0.351 e. The predicted octanol–water partition coefficient (Wildman–Crippen LogP) is 3.15. The first-order valence-corrected chi connectivity index (χ1v) is 9.73. The quantitative estimate of drug-likeness (QED) is 0.645. The Morgan fingerprint density at radius 2 is 2.00 bits per heavy atom. The van der Waals surface area contributed by atoms with E-state index in [1.165, 1.54) is 34.4 Å². The number of carbonyl (C=O) groups excluding carboxylic acids is 1. The summed E-state index contributed by atoms with van der Waals surface area (Å²) in [6.45, 7) is 0.351. The van der Waals surface area contributed by atoms with Crippen LogP contribution >= 0.6 is 27.7 Å². The van der Waals surface area contributed by atoms with Crippen LogP contribution < -0.4 is 10.9 Å². The van der Waals surface area contributed by atoms with E-state index in [2.05, 4.69) is 26.2 Å². The smallest absolute Gasteiger partial charge is 0.258 e. The number of benzene rings is 1. The maximum Gasteiger partial charge on any atom is 0.258 e. The number of nitrogens with one attached hydrogen (secondary N) is 1. The Hall–Kier alpha value is -2.19. The number of aromatic nitrogens is 2. The lowest BCUT2D eigenvalue weighted by Crippen LogP contribution is -2.24. The predicted molar refractivity (Wildman–Crippen MR) is 104 cm³/mol.